The molecule has 0 aliphatic heterocycles. The molecule has 0 amide bonds. The average molecular weight is 188 g/mol. The van der Waals surface area contributed by atoms with Crippen molar-refractivity contribution in [3.63, 3.8) is 0 Å². The largest absolute Gasteiger partial charge is 0.479 e. The molecular formula is C9H16O4. The minimum absolute atomic E-state index is 0.292. The molecular weight excluding hydrogens is 172 g/mol. The minimum Gasteiger partial charge on any atom is -0.479 e. The molecule has 1 aliphatic carbocycles. The molecule has 4 nitrogen and oxygen atoms in total. The molecule has 0 radical (unpaired) electrons. The third-order valence-electron chi connectivity index (χ3n) is 2.39. The van der Waals surface area contributed by atoms with E-state index in [0.29, 0.717) is 0 Å². The zero-order valence-electron chi connectivity index (χ0n) is 7.77. The van der Waals surface area contributed by atoms with Gasteiger partial charge in [-0.25, -0.2) is 4.79 Å². The van der Waals surface area contributed by atoms with E-state index in [-0.39, 0.29) is 6.10 Å². The van der Waals surface area contributed by atoms with Crippen LogP contribution in [0.15, 0.2) is 0 Å². The Morgan fingerprint density at radius 2 is 2.08 bits per heavy atom. The molecule has 2 N–H and O–H groups in total. The summed E-state index contributed by atoms with van der Waals surface area (Å²) < 4.78 is 5.22. The second-order valence-electron chi connectivity index (χ2n) is 3.51. The van der Waals surface area contributed by atoms with Crippen molar-refractivity contribution in [3.05, 3.63) is 0 Å². The summed E-state index contributed by atoms with van der Waals surface area (Å²) in [6.45, 7) is 1.49. The molecule has 0 aromatic carbocycles. The van der Waals surface area contributed by atoms with Gasteiger partial charge in [0.15, 0.2) is 6.10 Å². The Bertz CT molecular complexity index is 180. The molecule has 1 fully saturated rings. The van der Waals surface area contributed by atoms with Gasteiger partial charge in [-0.05, 0) is 19.8 Å². The SMILES string of the molecule is C[C@H](OC1CCCCC1O)C(=O)O. The van der Waals surface area contributed by atoms with Gasteiger partial charge in [-0.1, -0.05) is 12.8 Å². The number of ether oxygens (including phenoxy) is 1. The number of carbonyl (C=O) groups is 1. The fourth-order valence-electron chi connectivity index (χ4n) is 1.56. The summed E-state index contributed by atoms with van der Waals surface area (Å²) in [7, 11) is 0. The van der Waals surface area contributed by atoms with Crippen LogP contribution in [-0.2, 0) is 9.53 Å². The molecule has 76 valence electrons. The summed E-state index contributed by atoms with van der Waals surface area (Å²) in [5.41, 5.74) is 0. The monoisotopic (exact) mass is 188 g/mol. The number of aliphatic hydroxyl groups excluding tert-OH is 1. The number of hydrogen-bond acceptors (Lipinski definition) is 3. The van der Waals surface area contributed by atoms with E-state index in [9.17, 15) is 9.90 Å². The van der Waals surface area contributed by atoms with Crippen LogP contribution in [-0.4, -0.2) is 34.5 Å². The van der Waals surface area contributed by atoms with Gasteiger partial charge in [0.1, 0.15) is 0 Å². The smallest absolute Gasteiger partial charge is 0.332 e. The Labute approximate surface area is 77.5 Å². The first-order valence-electron chi connectivity index (χ1n) is 4.67. The molecule has 0 aromatic rings. The first kappa shape index (κ1) is 10.5. The predicted octanol–water partition coefficient (Wildman–Crippen LogP) is 0.780. The summed E-state index contributed by atoms with van der Waals surface area (Å²) in [5.74, 6) is -0.974. The van der Waals surface area contributed by atoms with Gasteiger partial charge >= 0.3 is 5.97 Å². The van der Waals surface area contributed by atoms with Crippen molar-refractivity contribution in [2.45, 2.75) is 50.9 Å². The Morgan fingerprint density at radius 1 is 1.46 bits per heavy atom. The molecule has 0 aromatic heterocycles. The zero-order valence-corrected chi connectivity index (χ0v) is 7.77. The number of carboxylic acids is 1. The van der Waals surface area contributed by atoms with Crippen LogP contribution >= 0.6 is 0 Å². The van der Waals surface area contributed by atoms with Crippen molar-refractivity contribution in [1.29, 1.82) is 0 Å². The Morgan fingerprint density at radius 3 is 2.62 bits per heavy atom. The molecule has 13 heavy (non-hydrogen) atoms. The van der Waals surface area contributed by atoms with E-state index in [0.717, 1.165) is 25.7 Å². The lowest BCUT2D eigenvalue weighted by Gasteiger charge is -2.28. The normalized spacial score (nSPS) is 31.2. The lowest BCUT2D eigenvalue weighted by molar-refractivity contribution is -0.159. The molecule has 2 unspecified atom stereocenters. The van der Waals surface area contributed by atoms with Gasteiger partial charge in [0.25, 0.3) is 0 Å². The first-order chi connectivity index (χ1) is 6.11. The van der Waals surface area contributed by atoms with E-state index in [1.165, 1.54) is 6.92 Å². The van der Waals surface area contributed by atoms with Gasteiger partial charge < -0.3 is 14.9 Å². The maximum absolute atomic E-state index is 10.5. The Balaban J connectivity index is 2.37. The van der Waals surface area contributed by atoms with Crippen molar-refractivity contribution < 1.29 is 19.7 Å². The lowest BCUT2D eigenvalue weighted by Crippen LogP contribution is -2.37. The van der Waals surface area contributed by atoms with E-state index in [1.54, 1.807) is 0 Å². The average Bonchev–Trinajstić information content (AvgIpc) is 2.08. The van der Waals surface area contributed by atoms with E-state index in [4.69, 9.17) is 9.84 Å². The molecule has 4 heteroatoms. The van der Waals surface area contributed by atoms with Crippen molar-refractivity contribution in [2.75, 3.05) is 0 Å². The zero-order chi connectivity index (χ0) is 9.84. The molecule has 0 heterocycles. The topological polar surface area (TPSA) is 66.8 Å². The van der Waals surface area contributed by atoms with Gasteiger partial charge in [-0.2, -0.15) is 0 Å². The summed E-state index contributed by atoms with van der Waals surface area (Å²) in [6, 6.07) is 0. The van der Waals surface area contributed by atoms with Crippen LogP contribution in [0.1, 0.15) is 32.6 Å². The molecule has 0 saturated heterocycles. The highest BCUT2D eigenvalue weighted by atomic mass is 16.5. The van der Waals surface area contributed by atoms with Gasteiger partial charge in [-0.3, -0.25) is 0 Å². The number of carboxylic acid groups (broad SMARTS) is 1. The Hall–Kier alpha value is -0.610. The molecule has 3 atom stereocenters. The third kappa shape index (κ3) is 2.97. The van der Waals surface area contributed by atoms with E-state index < -0.39 is 18.2 Å². The quantitative estimate of drug-likeness (QED) is 0.686. The van der Waals surface area contributed by atoms with E-state index in [2.05, 4.69) is 0 Å². The van der Waals surface area contributed by atoms with Crippen molar-refractivity contribution >= 4 is 5.97 Å². The number of hydrogen-bond donors (Lipinski definition) is 2. The minimum atomic E-state index is -0.974. The van der Waals surface area contributed by atoms with E-state index >= 15 is 0 Å². The van der Waals surface area contributed by atoms with Crippen LogP contribution in [0, 0.1) is 0 Å². The highest BCUT2D eigenvalue weighted by molar-refractivity contribution is 5.71. The lowest BCUT2D eigenvalue weighted by atomic mass is 9.95. The standard InChI is InChI=1S/C9H16O4/c1-6(9(11)12)13-8-5-3-2-4-7(8)10/h6-8,10H,2-5H2,1H3,(H,11,12)/t6-,7?,8?/m0/s1. The molecule has 0 bridgehead atoms. The maximum atomic E-state index is 10.5. The second kappa shape index (κ2) is 4.58. The predicted molar refractivity (Wildman–Crippen MR) is 46.4 cm³/mol. The number of rotatable bonds is 3. The van der Waals surface area contributed by atoms with Crippen LogP contribution in [0.3, 0.4) is 0 Å². The highest BCUT2D eigenvalue weighted by Crippen LogP contribution is 2.22. The van der Waals surface area contributed by atoms with Crippen molar-refractivity contribution in [2.24, 2.45) is 0 Å². The molecule has 1 aliphatic rings. The number of aliphatic carboxylic acids is 1. The van der Waals surface area contributed by atoms with Crippen LogP contribution in [0.5, 0.6) is 0 Å². The summed E-state index contributed by atoms with van der Waals surface area (Å²) >= 11 is 0. The third-order valence-corrected chi connectivity index (χ3v) is 2.39. The second-order valence-corrected chi connectivity index (χ2v) is 3.51. The summed E-state index contributed by atoms with van der Waals surface area (Å²) in [6.07, 6.45) is 1.89. The van der Waals surface area contributed by atoms with Gasteiger partial charge in [0.2, 0.25) is 0 Å². The van der Waals surface area contributed by atoms with Crippen molar-refractivity contribution in [1.82, 2.24) is 0 Å². The van der Waals surface area contributed by atoms with E-state index in [1.807, 2.05) is 0 Å². The molecule has 1 saturated carbocycles. The number of aliphatic hydroxyl groups is 1. The van der Waals surface area contributed by atoms with Crippen LogP contribution < -0.4 is 0 Å². The van der Waals surface area contributed by atoms with Crippen LogP contribution in [0.25, 0.3) is 0 Å². The Kier molecular flexibility index (Phi) is 3.69. The molecule has 1 rings (SSSR count). The maximum Gasteiger partial charge on any atom is 0.332 e. The molecule has 0 spiro atoms. The van der Waals surface area contributed by atoms with Gasteiger partial charge in [0, 0.05) is 0 Å². The summed E-state index contributed by atoms with van der Waals surface area (Å²) in [5, 5.41) is 18.1. The van der Waals surface area contributed by atoms with Gasteiger partial charge in [0.05, 0.1) is 12.2 Å². The van der Waals surface area contributed by atoms with Gasteiger partial charge in [-0.15, -0.1) is 0 Å². The van der Waals surface area contributed by atoms with Crippen LogP contribution in [0.2, 0.25) is 0 Å². The van der Waals surface area contributed by atoms with Crippen molar-refractivity contribution in [3.8, 4) is 0 Å². The summed E-state index contributed by atoms with van der Waals surface area (Å²) in [4.78, 5) is 10.5. The van der Waals surface area contributed by atoms with Crippen LogP contribution in [0.4, 0.5) is 0 Å². The first-order valence-corrected chi connectivity index (χ1v) is 4.67. The highest BCUT2D eigenvalue weighted by Gasteiger charge is 2.27. The fourth-order valence-corrected chi connectivity index (χ4v) is 1.56. The fraction of sp³-hybridized carbons (Fsp3) is 0.889.